The Kier molecular flexibility index (Phi) is 3.90. The number of nitrogens with zero attached hydrogens (tertiary/aromatic N) is 1. The number of carbonyl (C=O) groups is 1. The highest BCUT2D eigenvalue weighted by molar-refractivity contribution is 7.21. The summed E-state index contributed by atoms with van der Waals surface area (Å²) in [6, 6.07) is 17.3. The van der Waals surface area contributed by atoms with E-state index in [-0.39, 0.29) is 5.91 Å². The van der Waals surface area contributed by atoms with Crippen LogP contribution in [0.1, 0.15) is 21.7 Å². The van der Waals surface area contributed by atoms with E-state index in [1.54, 1.807) is 17.4 Å². The fourth-order valence-electron chi connectivity index (χ4n) is 3.16. The Balaban J connectivity index is 1.28. The van der Waals surface area contributed by atoms with Crippen LogP contribution in [0.5, 0.6) is 5.75 Å². The van der Waals surface area contributed by atoms with Crippen LogP contribution in [0.2, 0.25) is 0 Å². The van der Waals surface area contributed by atoms with Gasteiger partial charge in [0.1, 0.15) is 11.5 Å². The highest BCUT2D eigenvalue weighted by atomic mass is 32.1. The fraction of sp³-hybridized carbons (Fsp3) is 0.143. The van der Waals surface area contributed by atoms with Gasteiger partial charge in [0.05, 0.1) is 23.4 Å². The van der Waals surface area contributed by atoms with Gasteiger partial charge >= 0.3 is 0 Å². The first kappa shape index (κ1) is 16.1. The van der Waals surface area contributed by atoms with Gasteiger partial charge < -0.3 is 14.5 Å². The summed E-state index contributed by atoms with van der Waals surface area (Å²) < 4.78 is 12.5. The lowest BCUT2D eigenvalue weighted by Crippen LogP contribution is -2.22. The molecule has 0 unspecified atom stereocenters. The molecule has 0 atom stereocenters. The normalized spacial score (nSPS) is 12.7. The van der Waals surface area contributed by atoms with Gasteiger partial charge in [0.2, 0.25) is 0 Å². The molecule has 4 aromatic rings. The van der Waals surface area contributed by atoms with Crippen molar-refractivity contribution in [3.8, 4) is 16.5 Å². The van der Waals surface area contributed by atoms with Gasteiger partial charge in [-0.05, 0) is 48.0 Å². The van der Waals surface area contributed by atoms with E-state index in [9.17, 15) is 4.79 Å². The Hall–Kier alpha value is -3.12. The quantitative estimate of drug-likeness (QED) is 0.573. The molecule has 0 spiro atoms. The molecule has 1 aliphatic rings. The molecule has 0 saturated carbocycles. The predicted octanol–water partition coefficient (Wildman–Crippen LogP) is 4.42. The van der Waals surface area contributed by atoms with Gasteiger partial charge in [0.15, 0.2) is 10.8 Å². The number of ether oxygens (including phenoxy) is 1. The molecule has 0 fully saturated rings. The van der Waals surface area contributed by atoms with Crippen molar-refractivity contribution in [1.29, 1.82) is 0 Å². The topological polar surface area (TPSA) is 64.4 Å². The molecule has 1 N–H and O–H groups in total. The van der Waals surface area contributed by atoms with E-state index in [0.29, 0.717) is 24.5 Å². The molecule has 2 aromatic carbocycles. The maximum absolute atomic E-state index is 12.4. The number of thiazole rings is 1. The highest BCUT2D eigenvalue weighted by Crippen LogP contribution is 2.31. The number of nitrogens with one attached hydrogen (secondary N) is 1. The average molecular weight is 376 g/mol. The van der Waals surface area contributed by atoms with E-state index < -0.39 is 0 Å². The third-order valence-corrected chi connectivity index (χ3v) is 5.59. The van der Waals surface area contributed by atoms with Gasteiger partial charge in [-0.2, -0.15) is 0 Å². The van der Waals surface area contributed by atoms with Crippen molar-refractivity contribution >= 4 is 27.5 Å². The third-order valence-electron chi connectivity index (χ3n) is 4.54. The van der Waals surface area contributed by atoms with Gasteiger partial charge in [0.25, 0.3) is 5.91 Å². The second-order valence-corrected chi connectivity index (χ2v) is 7.39. The van der Waals surface area contributed by atoms with Crippen LogP contribution in [0, 0.1) is 0 Å². The summed E-state index contributed by atoms with van der Waals surface area (Å²) in [5.41, 5.74) is 2.68. The van der Waals surface area contributed by atoms with Crippen LogP contribution >= 0.6 is 11.3 Å². The van der Waals surface area contributed by atoms with E-state index >= 15 is 0 Å². The molecule has 0 radical (unpaired) electrons. The Morgan fingerprint density at radius 2 is 2.07 bits per heavy atom. The van der Waals surface area contributed by atoms with Crippen molar-refractivity contribution < 1.29 is 13.9 Å². The molecule has 5 rings (SSSR count). The van der Waals surface area contributed by atoms with Gasteiger partial charge in [-0.25, -0.2) is 4.98 Å². The number of hydrogen-bond donors (Lipinski definition) is 1. The molecule has 134 valence electrons. The van der Waals surface area contributed by atoms with Crippen LogP contribution in [0.3, 0.4) is 0 Å². The number of carbonyl (C=O) groups excluding carboxylic acids is 1. The number of rotatable bonds is 4. The Bertz CT molecular complexity index is 1110. The Morgan fingerprint density at radius 1 is 1.15 bits per heavy atom. The monoisotopic (exact) mass is 376 g/mol. The first-order valence-electron chi connectivity index (χ1n) is 8.75. The summed E-state index contributed by atoms with van der Waals surface area (Å²) in [5, 5.41) is 3.75. The molecule has 0 aliphatic carbocycles. The number of fused-ring (bicyclic) bond motifs is 2. The van der Waals surface area contributed by atoms with Gasteiger partial charge in [-0.1, -0.05) is 12.1 Å². The molecule has 2 aromatic heterocycles. The summed E-state index contributed by atoms with van der Waals surface area (Å²) in [6.07, 6.45) is 0.847. The average Bonchev–Trinajstić information content (AvgIpc) is 3.43. The van der Waals surface area contributed by atoms with Crippen molar-refractivity contribution in [3.05, 3.63) is 71.5 Å². The first-order chi connectivity index (χ1) is 13.3. The zero-order valence-corrected chi connectivity index (χ0v) is 15.2. The Morgan fingerprint density at radius 3 is 3.00 bits per heavy atom. The predicted molar refractivity (Wildman–Crippen MR) is 104 cm³/mol. The Labute approximate surface area is 159 Å². The smallest absolute Gasteiger partial charge is 0.251 e. The molecular formula is C21H16N2O3S. The number of benzene rings is 2. The van der Waals surface area contributed by atoms with E-state index in [1.807, 2.05) is 48.5 Å². The van der Waals surface area contributed by atoms with Crippen LogP contribution < -0.4 is 10.1 Å². The van der Waals surface area contributed by atoms with E-state index in [2.05, 4.69) is 10.3 Å². The molecule has 0 saturated heterocycles. The zero-order valence-electron chi connectivity index (χ0n) is 14.4. The van der Waals surface area contributed by atoms with Crippen molar-refractivity contribution in [3.63, 3.8) is 0 Å². The molecule has 1 aliphatic heterocycles. The van der Waals surface area contributed by atoms with Crippen LogP contribution in [0.25, 0.3) is 21.0 Å². The number of hydrogen-bond acceptors (Lipinski definition) is 5. The number of para-hydroxylation sites is 1. The highest BCUT2D eigenvalue weighted by Gasteiger charge is 2.16. The van der Waals surface area contributed by atoms with Crippen molar-refractivity contribution in [2.24, 2.45) is 0 Å². The number of furan rings is 1. The molecule has 1 amide bonds. The third kappa shape index (κ3) is 3.08. The van der Waals surface area contributed by atoms with Gasteiger partial charge in [-0.3, -0.25) is 4.79 Å². The van der Waals surface area contributed by atoms with Crippen LogP contribution in [-0.4, -0.2) is 17.5 Å². The number of amides is 1. The lowest BCUT2D eigenvalue weighted by molar-refractivity contribution is 0.0948. The fourth-order valence-corrected chi connectivity index (χ4v) is 4.09. The van der Waals surface area contributed by atoms with Crippen molar-refractivity contribution in [1.82, 2.24) is 10.3 Å². The molecule has 3 heterocycles. The SMILES string of the molecule is O=C(NCc1ccc(-c2nc3ccccc3s2)o1)c1ccc2c(c1)CCO2. The molecule has 27 heavy (non-hydrogen) atoms. The molecular weight excluding hydrogens is 360 g/mol. The standard InChI is InChI=1S/C21H16N2O3S/c24-20(14-5-7-17-13(11-14)9-10-25-17)22-12-15-6-8-18(26-15)21-23-16-3-1-2-4-19(16)27-21/h1-8,11H,9-10,12H2,(H,22,24). The maximum atomic E-state index is 12.4. The van der Waals surface area contributed by atoms with E-state index in [0.717, 1.165) is 38.7 Å². The summed E-state index contributed by atoms with van der Waals surface area (Å²) in [7, 11) is 0. The molecule has 0 bridgehead atoms. The van der Waals surface area contributed by atoms with Gasteiger partial charge in [-0.15, -0.1) is 11.3 Å². The molecule has 6 heteroatoms. The molecule has 5 nitrogen and oxygen atoms in total. The lowest BCUT2D eigenvalue weighted by atomic mass is 10.1. The summed E-state index contributed by atoms with van der Waals surface area (Å²) in [4.78, 5) is 17.0. The van der Waals surface area contributed by atoms with Crippen LogP contribution in [0.4, 0.5) is 0 Å². The minimum absolute atomic E-state index is 0.123. The minimum atomic E-state index is -0.123. The van der Waals surface area contributed by atoms with Gasteiger partial charge in [0, 0.05) is 12.0 Å². The van der Waals surface area contributed by atoms with Crippen LogP contribution in [-0.2, 0) is 13.0 Å². The second kappa shape index (κ2) is 6.55. The second-order valence-electron chi connectivity index (χ2n) is 6.36. The lowest BCUT2D eigenvalue weighted by Gasteiger charge is -2.05. The summed E-state index contributed by atoms with van der Waals surface area (Å²) >= 11 is 1.59. The maximum Gasteiger partial charge on any atom is 0.251 e. The largest absolute Gasteiger partial charge is 0.493 e. The first-order valence-corrected chi connectivity index (χ1v) is 9.56. The van der Waals surface area contributed by atoms with E-state index in [4.69, 9.17) is 9.15 Å². The summed E-state index contributed by atoms with van der Waals surface area (Å²) in [6.45, 7) is 1.01. The van der Waals surface area contributed by atoms with Crippen molar-refractivity contribution in [2.75, 3.05) is 6.61 Å². The minimum Gasteiger partial charge on any atom is -0.493 e. The van der Waals surface area contributed by atoms with E-state index in [1.165, 1.54) is 0 Å². The number of aromatic nitrogens is 1. The van der Waals surface area contributed by atoms with Crippen molar-refractivity contribution in [2.45, 2.75) is 13.0 Å². The zero-order chi connectivity index (χ0) is 18.2. The van der Waals surface area contributed by atoms with Crippen LogP contribution in [0.15, 0.2) is 59.0 Å². The summed E-state index contributed by atoms with van der Waals surface area (Å²) in [5.74, 6) is 2.16.